The summed E-state index contributed by atoms with van der Waals surface area (Å²) in [4.78, 5) is 26.9. The van der Waals surface area contributed by atoms with Gasteiger partial charge in [0.25, 0.3) is 11.6 Å². The minimum absolute atomic E-state index is 0.0137. The molecule has 2 aromatic rings. The summed E-state index contributed by atoms with van der Waals surface area (Å²) >= 11 is 7.30. The fraction of sp³-hybridized carbons (Fsp3) is 0. The van der Waals surface area contributed by atoms with Gasteiger partial charge >= 0.3 is 0 Å². The lowest BCUT2D eigenvalue weighted by molar-refractivity contribution is -0.384. The topological polar surface area (TPSA) is 105 Å². The van der Waals surface area contributed by atoms with Crippen LogP contribution in [0.5, 0.6) is 5.75 Å². The molecule has 1 aliphatic heterocycles. The van der Waals surface area contributed by atoms with E-state index in [2.05, 4.69) is 10.3 Å². The number of rotatable bonds is 4. The molecule has 27 heavy (non-hydrogen) atoms. The van der Waals surface area contributed by atoms with E-state index in [0.29, 0.717) is 26.4 Å². The number of amidine groups is 1. The third kappa shape index (κ3) is 4.96. The van der Waals surface area contributed by atoms with E-state index in [1.54, 1.807) is 30.3 Å². The molecule has 0 bridgehead atoms. The van der Waals surface area contributed by atoms with Gasteiger partial charge in [-0.2, -0.15) is 0 Å². The Balaban J connectivity index is 1.76. The number of thioether (sulfide) groups is 1. The SMILES string of the molecule is O=C1NC(=Nc2cccc(O)c2)S/C1=C/C(Cl)=C/c1ccc([N+](=O)[O-])cc1. The number of halogens is 1. The van der Waals surface area contributed by atoms with Crippen LogP contribution in [-0.2, 0) is 4.79 Å². The molecule has 2 aromatic carbocycles. The molecule has 0 aromatic heterocycles. The standard InChI is InChI=1S/C18H12ClN3O4S/c19-12(8-11-4-6-14(7-5-11)22(25)26)9-16-17(24)21-18(27-16)20-13-2-1-3-15(23)10-13/h1-10,23H,(H,20,21,24)/b12-8-,16-9+. The quantitative estimate of drug-likeness (QED) is 0.451. The molecule has 2 N–H and O–H groups in total. The van der Waals surface area contributed by atoms with Gasteiger partial charge in [-0.15, -0.1) is 0 Å². The Kier molecular flexibility index (Phi) is 5.58. The lowest BCUT2D eigenvalue weighted by Gasteiger charge is -1.97. The van der Waals surface area contributed by atoms with Crippen molar-refractivity contribution in [3.63, 3.8) is 0 Å². The molecule has 1 aliphatic rings. The highest BCUT2D eigenvalue weighted by Crippen LogP contribution is 2.29. The molecule has 3 rings (SSSR count). The van der Waals surface area contributed by atoms with Crippen molar-refractivity contribution in [2.24, 2.45) is 4.99 Å². The first-order valence-electron chi connectivity index (χ1n) is 7.61. The number of non-ortho nitro benzene ring substituents is 1. The summed E-state index contributed by atoms with van der Waals surface area (Å²) in [6.45, 7) is 0. The molecule has 9 heteroatoms. The highest BCUT2D eigenvalue weighted by Gasteiger charge is 2.24. The zero-order chi connectivity index (χ0) is 19.4. The Morgan fingerprint density at radius 3 is 2.67 bits per heavy atom. The van der Waals surface area contributed by atoms with Gasteiger partial charge in [-0.1, -0.05) is 17.7 Å². The number of nitro benzene ring substituents is 1. The van der Waals surface area contributed by atoms with Crippen LogP contribution in [0.25, 0.3) is 6.08 Å². The Labute approximate surface area is 163 Å². The number of phenolic OH excluding ortho intramolecular Hbond substituents is 1. The highest BCUT2D eigenvalue weighted by atomic mass is 35.5. The van der Waals surface area contributed by atoms with E-state index in [9.17, 15) is 20.0 Å². The van der Waals surface area contributed by atoms with Crippen LogP contribution in [0.4, 0.5) is 11.4 Å². The summed E-state index contributed by atoms with van der Waals surface area (Å²) in [5.41, 5.74) is 1.16. The van der Waals surface area contributed by atoms with Gasteiger partial charge in [0, 0.05) is 23.2 Å². The van der Waals surface area contributed by atoms with Crippen LogP contribution in [0.15, 0.2) is 69.5 Å². The molecule has 1 fully saturated rings. The van der Waals surface area contributed by atoms with Crippen molar-refractivity contribution < 1.29 is 14.8 Å². The van der Waals surface area contributed by atoms with Crippen molar-refractivity contribution in [3.8, 4) is 5.75 Å². The molecule has 136 valence electrons. The number of nitrogens with one attached hydrogen (secondary N) is 1. The molecule has 0 aliphatic carbocycles. The third-order valence-electron chi connectivity index (χ3n) is 3.39. The van der Waals surface area contributed by atoms with Gasteiger partial charge in [-0.25, -0.2) is 4.99 Å². The first kappa shape index (κ1) is 18.7. The summed E-state index contributed by atoms with van der Waals surface area (Å²) in [6, 6.07) is 12.2. The van der Waals surface area contributed by atoms with Gasteiger partial charge in [0.1, 0.15) is 5.75 Å². The van der Waals surface area contributed by atoms with Crippen molar-refractivity contribution >= 4 is 51.9 Å². The lowest BCUT2D eigenvalue weighted by Crippen LogP contribution is -2.19. The Morgan fingerprint density at radius 2 is 2.00 bits per heavy atom. The molecule has 0 atom stereocenters. The maximum Gasteiger partial charge on any atom is 0.269 e. The Morgan fingerprint density at radius 1 is 1.26 bits per heavy atom. The van der Waals surface area contributed by atoms with E-state index >= 15 is 0 Å². The van der Waals surface area contributed by atoms with Crippen molar-refractivity contribution in [3.05, 3.63) is 80.2 Å². The Bertz CT molecular complexity index is 1000. The van der Waals surface area contributed by atoms with Crippen molar-refractivity contribution in [1.82, 2.24) is 5.32 Å². The van der Waals surface area contributed by atoms with Gasteiger partial charge in [-0.05, 0) is 53.7 Å². The molecule has 1 heterocycles. The van der Waals surface area contributed by atoms with E-state index in [-0.39, 0.29) is 17.3 Å². The van der Waals surface area contributed by atoms with E-state index in [4.69, 9.17) is 11.6 Å². The van der Waals surface area contributed by atoms with E-state index in [1.807, 2.05) is 0 Å². The maximum absolute atomic E-state index is 12.1. The van der Waals surface area contributed by atoms with E-state index < -0.39 is 4.92 Å². The van der Waals surface area contributed by atoms with Crippen LogP contribution in [0.2, 0.25) is 0 Å². The van der Waals surface area contributed by atoms with Gasteiger partial charge in [0.2, 0.25) is 0 Å². The monoisotopic (exact) mass is 401 g/mol. The first-order valence-corrected chi connectivity index (χ1v) is 8.80. The second-order valence-electron chi connectivity index (χ2n) is 5.38. The molecular weight excluding hydrogens is 390 g/mol. The average Bonchev–Trinajstić information content (AvgIpc) is 2.94. The average molecular weight is 402 g/mol. The number of nitrogens with zero attached hydrogens (tertiary/aromatic N) is 2. The molecule has 0 radical (unpaired) electrons. The smallest absolute Gasteiger partial charge is 0.269 e. The largest absolute Gasteiger partial charge is 0.508 e. The number of benzene rings is 2. The molecule has 0 saturated carbocycles. The molecule has 1 amide bonds. The lowest BCUT2D eigenvalue weighted by atomic mass is 10.2. The van der Waals surface area contributed by atoms with Gasteiger partial charge < -0.3 is 10.4 Å². The number of carbonyl (C=O) groups excluding carboxylic acids is 1. The van der Waals surface area contributed by atoms with Crippen LogP contribution < -0.4 is 5.32 Å². The van der Waals surface area contributed by atoms with Gasteiger partial charge in [0.05, 0.1) is 15.5 Å². The number of allylic oxidation sites excluding steroid dienone is 2. The minimum atomic E-state index is -0.482. The molecule has 7 nitrogen and oxygen atoms in total. The van der Waals surface area contributed by atoms with E-state index in [1.165, 1.54) is 30.3 Å². The van der Waals surface area contributed by atoms with Crippen LogP contribution in [-0.4, -0.2) is 21.1 Å². The van der Waals surface area contributed by atoms with Crippen LogP contribution >= 0.6 is 23.4 Å². The fourth-order valence-electron chi connectivity index (χ4n) is 2.18. The number of phenols is 1. The van der Waals surface area contributed by atoms with Crippen molar-refractivity contribution in [1.29, 1.82) is 0 Å². The van der Waals surface area contributed by atoms with Crippen LogP contribution in [0.1, 0.15) is 5.56 Å². The number of hydrogen-bond acceptors (Lipinski definition) is 6. The summed E-state index contributed by atoms with van der Waals surface area (Å²) < 4.78 is 0. The Hall–Kier alpha value is -3.10. The summed E-state index contributed by atoms with van der Waals surface area (Å²) in [7, 11) is 0. The third-order valence-corrected chi connectivity index (χ3v) is 4.52. The van der Waals surface area contributed by atoms with Crippen LogP contribution in [0.3, 0.4) is 0 Å². The number of aliphatic imine (C=N–C) groups is 1. The summed E-state index contributed by atoms with van der Waals surface area (Å²) in [6.07, 6.45) is 3.09. The normalized spacial score (nSPS) is 17.4. The zero-order valence-corrected chi connectivity index (χ0v) is 15.2. The van der Waals surface area contributed by atoms with Crippen LogP contribution in [0, 0.1) is 10.1 Å². The first-order chi connectivity index (χ1) is 12.9. The van der Waals surface area contributed by atoms with Crippen molar-refractivity contribution in [2.45, 2.75) is 0 Å². The fourth-order valence-corrected chi connectivity index (χ4v) is 3.31. The molecule has 0 unspecified atom stereocenters. The van der Waals surface area contributed by atoms with Crippen molar-refractivity contribution in [2.75, 3.05) is 0 Å². The number of amides is 1. The maximum atomic E-state index is 12.1. The number of carbonyl (C=O) groups is 1. The number of aromatic hydroxyl groups is 1. The number of hydrogen-bond donors (Lipinski definition) is 2. The minimum Gasteiger partial charge on any atom is -0.508 e. The molecule has 0 spiro atoms. The second kappa shape index (κ2) is 8.07. The summed E-state index contributed by atoms with van der Waals surface area (Å²) in [5.74, 6) is -0.259. The molecule has 1 saturated heterocycles. The predicted octanol–water partition coefficient (Wildman–Crippen LogP) is 4.31. The highest BCUT2D eigenvalue weighted by molar-refractivity contribution is 8.18. The molecular formula is C18H12ClN3O4S. The van der Waals surface area contributed by atoms with Gasteiger partial charge in [-0.3, -0.25) is 14.9 Å². The number of nitro groups is 1. The van der Waals surface area contributed by atoms with E-state index in [0.717, 1.165) is 11.8 Å². The summed E-state index contributed by atoms with van der Waals surface area (Å²) in [5, 5.41) is 23.4. The predicted molar refractivity (Wildman–Crippen MR) is 106 cm³/mol. The van der Waals surface area contributed by atoms with Gasteiger partial charge in [0.15, 0.2) is 5.17 Å². The second-order valence-corrected chi connectivity index (χ2v) is 6.85. The zero-order valence-electron chi connectivity index (χ0n) is 13.6.